The molecule has 6 nitrogen and oxygen atoms in total. The van der Waals surface area contributed by atoms with Gasteiger partial charge in [0.1, 0.15) is 0 Å². The summed E-state index contributed by atoms with van der Waals surface area (Å²) in [6, 6.07) is 0. The van der Waals surface area contributed by atoms with Crippen molar-refractivity contribution in [1.29, 1.82) is 0 Å². The fourth-order valence-corrected chi connectivity index (χ4v) is 1.73. The number of rotatable bonds is 8. The molecule has 2 saturated heterocycles. The van der Waals surface area contributed by atoms with Gasteiger partial charge in [0.05, 0.1) is 0 Å². The molecule has 0 N–H and O–H groups in total. The van der Waals surface area contributed by atoms with E-state index in [1.807, 2.05) is 68.6 Å². The van der Waals surface area contributed by atoms with E-state index in [1.165, 1.54) is 12.8 Å². The third kappa shape index (κ3) is 72.3. The van der Waals surface area contributed by atoms with Crippen LogP contribution in [0.1, 0.15) is 81.1 Å². The topological polar surface area (TPSA) is 74.9 Å². The molecule has 2 heterocycles. The Bertz CT molecular complexity index is 165. The molecule has 2 aliphatic heterocycles. The largest absolute Gasteiger partial charge is 0.663 e. The summed E-state index contributed by atoms with van der Waals surface area (Å²) >= 11 is 0. The first-order chi connectivity index (χ1) is 14.7. The molecule has 0 aromatic rings. The molecule has 2 fully saturated rings. The van der Waals surface area contributed by atoms with Crippen molar-refractivity contribution in [3.63, 3.8) is 0 Å². The third-order valence-electron chi connectivity index (χ3n) is 3.19. The summed E-state index contributed by atoms with van der Waals surface area (Å²) in [6.45, 7) is 29.7. The SMILES string of the molecule is CC[N-]CC.CC[N-]CC.CC[N-]CC.CC[N-]CC.[CH-]1CCCO1.[CH-]1CCCO1.[Hf]. The predicted molar refractivity (Wildman–Crippen MR) is 137 cm³/mol. The van der Waals surface area contributed by atoms with Crippen LogP contribution in [-0.4, -0.2) is 65.6 Å². The number of nitrogens with zero attached hydrogens (tertiary/aromatic N) is 4. The minimum Gasteiger partial charge on any atom is -0.663 e. The fraction of sp³-hybridized carbons (Fsp3) is 0.917. The Morgan fingerprint density at radius 1 is 0.484 bits per heavy atom. The first-order valence-corrected chi connectivity index (χ1v) is 12.1. The maximum atomic E-state index is 4.82. The van der Waals surface area contributed by atoms with Crippen LogP contribution in [-0.2, 0) is 35.3 Å². The molecule has 0 aliphatic carbocycles. The van der Waals surface area contributed by atoms with E-state index in [0.717, 1.165) is 78.4 Å². The van der Waals surface area contributed by atoms with E-state index in [1.54, 1.807) is 0 Å². The normalized spacial score (nSPS) is 13.2. The van der Waals surface area contributed by atoms with Crippen molar-refractivity contribution < 1.29 is 35.3 Å². The molecule has 7 heteroatoms. The molecular weight excluding hydrogens is 555 g/mol. The van der Waals surface area contributed by atoms with Crippen LogP contribution < -0.4 is 0 Å². The fourth-order valence-electron chi connectivity index (χ4n) is 1.73. The van der Waals surface area contributed by atoms with Gasteiger partial charge in [0, 0.05) is 39.1 Å². The van der Waals surface area contributed by atoms with Gasteiger partial charge in [0.2, 0.25) is 0 Å². The molecular formula is C24H54HfN4O2-6. The molecule has 0 aromatic heterocycles. The average molecular weight is 609 g/mol. The molecule has 31 heavy (non-hydrogen) atoms. The molecule has 0 saturated carbocycles. The van der Waals surface area contributed by atoms with E-state index >= 15 is 0 Å². The maximum Gasteiger partial charge on any atom is 0.00878 e. The van der Waals surface area contributed by atoms with E-state index in [2.05, 4.69) is 21.3 Å². The van der Waals surface area contributed by atoms with Gasteiger partial charge in [-0.1, -0.05) is 68.2 Å². The monoisotopic (exact) mass is 610 g/mol. The smallest absolute Gasteiger partial charge is 0.00878 e. The summed E-state index contributed by atoms with van der Waals surface area (Å²) in [5, 5.41) is 15.9. The maximum absolute atomic E-state index is 4.82. The van der Waals surface area contributed by atoms with Crippen molar-refractivity contribution in [3.05, 3.63) is 34.5 Å². The zero-order valence-corrected chi connectivity index (χ0v) is 25.8. The van der Waals surface area contributed by atoms with Crippen molar-refractivity contribution in [1.82, 2.24) is 0 Å². The molecule has 2 aliphatic rings. The summed E-state index contributed by atoms with van der Waals surface area (Å²) in [5.41, 5.74) is 0. The Labute approximate surface area is 215 Å². The van der Waals surface area contributed by atoms with Crippen LogP contribution in [0.3, 0.4) is 0 Å². The van der Waals surface area contributed by atoms with E-state index < -0.39 is 0 Å². The van der Waals surface area contributed by atoms with Crippen LogP contribution >= 0.6 is 0 Å². The Kier molecular flexibility index (Phi) is 70.9. The van der Waals surface area contributed by atoms with E-state index in [-0.39, 0.29) is 25.8 Å². The number of hydrogen-bond donors (Lipinski definition) is 0. The summed E-state index contributed by atoms with van der Waals surface area (Å²) in [7, 11) is 0. The van der Waals surface area contributed by atoms with Crippen LogP contribution in [0.25, 0.3) is 21.3 Å². The molecule has 0 spiro atoms. The predicted octanol–water partition coefficient (Wildman–Crippen LogP) is 7.51. The van der Waals surface area contributed by atoms with E-state index in [4.69, 9.17) is 9.47 Å². The zero-order chi connectivity index (χ0) is 23.6. The minimum absolute atomic E-state index is 0. The van der Waals surface area contributed by atoms with Crippen molar-refractivity contribution in [2.24, 2.45) is 0 Å². The Hall–Kier alpha value is 0.630. The van der Waals surface area contributed by atoms with Crippen LogP contribution in [0.2, 0.25) is 0 Å². The van der Waals surface area contributed by atoms with Gasteiger partial charge in [-0.25, -0.2) is 13.2 Å². The van der Waals surface area contributed by atoms with Crippen LogP contribution in [0.15, 0.2) is 0 Å². The molecule has 0 aromatic carbocycles. The summed E-state index contributed by atoms with van der Waals surface area (Å²) in [5.74, 6) is 0. The summed E-state index contributed by atoms with van der Waals surface area (Å²) in [6.07, 6.45) is 4.75. The molecule has 2 rings (SSSR count). The molecule has 0 amide bonds. The summed E-state index contributed by atoms with van der Waals surface area (Å²) in [4.78, 5) is 0. The van der Waals surface area contributed by atoms with Crippen molar-refractivity contribution in [2.75, 3.05) is 65.6 Å². The van der Waals surface area contributed by atoms with E-state index in [9.17, 15) is 0 Å². The van der Waals surface area contributed by atoms with Gasteiger partial charge in [0.15, 0.2) is 0 Å². The van der Waals surface area contributed by atoms with Gasteiger partial charge >= 0.3 is 0 Å². The van der Waals surface area contributed by atoms with E-state index in [0.29, 0.717) is 0 Å². The van der Waals surface area contributed by atoms with Gasteiger partial charge in [-0.05, 0) is 0 Å². The van der Waals surface area contributed by atoms with Crippen LogP contribution in [0, 0.1) is 13.2 Å². The van der Waals surface area contributed by atoms with Crippen molar-refractivity contribution in [2.45, 2.75) is 81.1 Å². The van der Waals surface area contributed by atoms with Gasteiger partial charge < -0.3 is 30.7 Å². The Morgan fingerprint density at radius 2 is 0.710 bits per heavy atom. The average Bonchev–Trinajstić information content (AvgIpc) is 3.51. The van der Waals surface area contributed by atoms with Gasteiger partial charge in [-0.3, -0.25) is 0 Å². The second-order valence-electron chi connectivity index (χ2n) is 5.78. The van der Waals surface area contributed by atoms with Crippen LogP contribution in [0.5, 0.6) is 0 Å². The van der Waals surface area contributed by atoms with Crippen molar-refractivity contribution in [3.8, 4) is 0 Å². The molecule has 0 bridgehead atoms. The minimum atomic E-state index is 0. The molecule has 0 unspecified atom stereocenters. The standard InChI is InChI=1S/4C4H10N.2C4H7O.Hf/c4*1-3-5-4-2;2*1-2-4-5-3-1;/h4*3-4H2,1-2H3;2*3H,1-2,4H2;/q6*-1;. The second-order valence-corrected chi connectivity index (χ2v) is 5.78. The second kappa shape index (κ2) is 52.5. The molecule has 0 radical (unpaired) electrons. The quantitative estimate of drug-likeness (QED) is 0.211. The van der Waals surface area contributed by atoms with Gasteiger partial charge in [-0.15, -0.1) is 0 Å². The van der Waals surface area contributed by atoms with Gasteiger partial charge in [0.25, 0.3) is 0 Å². The number of hydrogen-bond acceptors (Lipinski definition) is 2. The summed E-state index contributed by atoms with van der Waals surface area (Å²) < 4.78 is 9.64. The first kappa shape index (κ1) is 41.8. The Morgan fingerprint density at radius 3 is 0.742 bits per heavy atom. The number of ether oxygens (including phenoxy) is 2. The van der Waals surface area contributed by atoms with Crippen LogP contribution in [0.4, 0.5) is 0 Å². The zero-order valence-electron chi connectivity index (χ0n) is 22.2. The Balaban J connectivity index is -0.0000000867. The first-order valence-electron chi connectivity index (χ1n) is 12.1. The molecule has 192 valence electrons. The third-order valence-corrected chi connectivity index (χ3v) is 3.19. The van der Waals surface area contributed by atoms with Crippen molar-refractivity contribution >= 4 is 0 Å². The van der Waals surface area contributed by atoms with Gasteiger partial charge in [-0.2, -0.15) is 65.2 Å². The molecule has 0 atom stereocenters.